The predicted octanol–water partition coefficient (Wildman–Crippen LogP) is 2.26. The number of hydrogen-bond acceptors (Lipinski definition) is 5. The third-order valence-electron chi connectivity index (χ3n) is 2.88. The van der Waals surface area contributed by atoms with Crippen LogP contribution < -0.4 is 5.32 Å². The Morgan fingerprint density at radius 2 is 2.35 bits per heavy atom. The van der Waals surface area contributed by atoms with E-state index in [2.05, 4.69) is 34.3 Å². The van der Waals surface area contributed by atoms with Gasteiger partial charge in [0.1, 0.15) is 10.7 Å². The number of H-pyrrole nitrogens is 1. The van der Waals surface area contributed by atoms with Gasteiger partial charge in [-0.1, -0.05) is 13.8 Å². The van der Waals surface area contributed by atoms with Gasteiger partial charge in [0.15, 0.2) is 4.77 Å². The first kappa shape index (κ1) is 14.9. The number of aromatic amines is 1. The van der Waals surface area contributed by atoms with E-state index in [0.29, 0.717) is 22.7 Å². The van der Waals surface area contributed by atoms with Crippen molar-refractivity contribution in [2.24, 2.45) is 0 Å². The predicted molar refractivity (Wildman–Crippen MR) is 80.7 cm³/mol. The molecule has 0 aliphatic heterocycles. The molecule has 6 nitrogen and oxygen atoms in total. The van der Waals surface area contributed by atoms with Crippen molar-refractivity contribution in [1.29, 1.82) is 0 Å². The van der Waals surface area contributed by atoms with Gasteiger partial charge in [-0.05, 0) is 19.1 Å². The summed E-state index contributed by atoms with van der Waals surface area (Å²) in [5.74, 6) is 1.09. The SMILES string of the molecule is Cc1ncsc1C(=O)NCCn1c(C(C)C)n[nH]c1=S. The first-order valence-corrected chi connectivity index (χ1v) is 7.63. The lowest BCUT2D eigenvalue weighted by Gasteiger charge is -2.09. The Labute approximate surface area is 126 Å². The minimum atomic E-state index is -0.0916. The fraction of sp³-hybridized carbons (Fsp3) is 0.500. The largest absolute Gasteiger partial charge is 0.349 e. The van der Waals surface area contributed by atoms with Gasteiger partial charge in [0.05, 0.1) is 11.2 Å². The molecule has 0 unspecified atom stereocenters. The van der Waals surface area contributed by atoms with Crippen LogP contribution in [-0.2, 0) is 6.54 Å². The average Bonchev–Trinajstić information content (AvgIpc) is 2.96. The first-order chi connectivity index (χ1) is 9.50. The Hall–Kier alpha value is -1.54. The average molecular weight is 311 g/mol. The summed E-state index contributed by atoms with van der Waals surface area (Å²) in [5.41, 5.74) is 2.43. The van der Waals surface area contributed by atoms with E-state index < -0.39 is 0 Å². The number of thiazole rings is 1. The Balaban J connectivity index is 1.97. The van der Waals surface area contributed by atoms with Crippen LogP contribution in [-0.4, -0.2) is 32.2 Å². The van der Waals surface area contributed by atoms with E-state index in [1.165, 1.54) is 11.3 Å². The van der Waals surface area contributed by atoms with Gasteiger partial charge in [-0.3, -0.25) is 9.89 Å². The minimum Gasteiger partial charge on any atom is -0.349 e. The second-order valence-corrected chi connectivity index (χ2v) is 5.96. The van der Waals surface area contributed by atoms with Crippen LogP contribution in [0.5, 0.6) is 0 Å². The molecule has 0 saturated heterocycles. The lowest BCUT2D eigenvalue weighted by atomic mass is 10.2. The van der Waals surface area contributed by atoms with Crippen LogP contribution in [0.15, 0.2) is 5.51 Å². The zero-order chi connectivity index (χ0) is 14.7. The van der Waals surface area contributed by atoms with Gasteiger partial charge in [-0.15, -0.1) is 11.3 Å². The van der Waals surface area contributed by atoms with E-state index in [9.17, 15) is 4.79 Å². The highest BCUT2D eigenvalue weighted by Crippen LogP contribution is 2.12. The van der Waals surface area contributed by atoms with Gasteiger partial charge >= 0.3 is 0 Å². The number of amides is 1. The smallest absolute Gasteiger partial charge is 0.263 e. The lowest BCUT2D eigenvalue weighted by molar-refractivity contribution is 0.0955. The molecular formula is C12H17N5OS2. The number of carbonyl (C=O) groups excluding carboxylic acids is 1. The summed E-state index contributed by atoms with van der Waals surface area (Å²) >= 11 is 6.54. The van der Waals surface area contributed by atoms with Crippen molar-refractivity contribution >= 4 is 29.5 Å². The summed E-state index contributed by atoms with van der Waals surface area (Å²) < 4.78 is 2.50. The van der Waals surface area contributed by atoms with E-state index in [4.69, 9.17) is 12.2 Å². The topological polar surface area (TPSA) is 75.6 Å². The van der Waals surface area contributed by atoms with Gasteiger partial charge in [-0.2, -0.15) is 5.10 Å². The number of rotatable bonds is 5. The molecule has 0 aliphatic rings. The van der Waals surface area contributed by atoms with Crippen molar-refractivity contribution in [3.8, 4) is 0 Å². The molecule has 0 fully saturated rings. The second kappa shape index (κ2) is 6.27. The molecule has 0 aliphatic carbocycles. The van der Waals surface area contributed by atoms with Crippen LogP contribution in [0.2, 0.25) is 0 Å². The number of aromatic nitrogens is 4. The minimum absolute atomic E-state index is 0.0916. The van der Waals surface area contributed by atoms with E-state index in [1.54, 1.807) is 5.51 Å². The molecule has 20 heavy (non-hydrogen) atoms. The first-order valence-electron chi connectivity index (χ1n) is 6.34. The van der Waals surface area contributed by atoms with Crippen LogP contribution in [0.25, 0.3) is 0 Å². The summed E-state index contributed by atoms with van der Waals surface area (Å²) in [4.78, 5) is 16.7. The van der Waals surface area contributed by atoms with E-state index in [1.807, 2.05) is 11.5 Å². The standard InChI is InChI=1S/C12H17N5OS2/c1-7(2)10-15-16-12(19)17(10)5-4-13-11(18)9-8(3)14-6-20-9/h6-7H,4-5H2,1-3H3,(H,13,18)(H,16,19). The molecule has 0 atom stereocenters. The Morgan fingerprint density at radius 1 is 1.60 bits per heavy atom. The summed E-state index contributed by atoms with van der Waals surface area (Å²) in [7, 11) is 0. The van der Waals surface area contributed by atoms with E-state index >= 15 is 0 Å². The molecule has 0 bridgehead atoms. The second-order valence-electron chi connectivity index (χ2n) is 4.72. The molecule has 0 saturated carbocycles. The summed E-state index contributed by atoms with van der Waals surface area (Å²) in [6.07, 6.45) is 0. The van der Waals surface area contributed by atoms with Gasteiger partial charge in [-0.25, -0.2) is 4.98 Å². The molecule has 0 radical (unpaired) electrons. The molecule has 2 heterocycles. The maximum Gasteiger partial charge on any atom is 0.263 e. The van der Waals surface area contributed by atoms with Gasteiger partial charge < -0.3 is 9.88 Å². The molecule has 8 heteroatoms. The number of nitrogens with zero attached hydrogens (tertiary/aromatic N) is 3. The van der Waals surface area contributed by atoms with Crippen molar-refractivity contribution in [1.82, 2.24) is 25.1 Å². The Bertz CT molecular complexity index is 655. The zero-order valence-electron chi connectivity index (χ0n) is 11.6. The third kappa shape index (κ3) is 3.13. The van der Waals surface area contributed by atoms with Crippen molar-refractivity contribution in [3.63, 3.8) is 0 Å². The van der Waals surface area contributed by atoms with E-state index in [0.717, 1.165) is 11.5 Å². The van der Waals surface area contributed by atoms with Crippen LogP contribution in [0.4, 0.5) is 0 Å². The molecule has 0 spiro atoms. The number of carbonyl (C=O) groups is 1. The van der Waals surface area contributed by atoms with Crippen LogP contribution in [0.1, 0.15) is 41.0 Å². The van der Waals surface area contributed by atoms with Crippen molar-refractivity contribution in [2.75, 3.05) is 6.54 Å². The maximum atomic E-state index is 12.0. The van der Waals surface area contributed by atoms with E-state index in [-0.39, 0.29) is 11.8 Å². The van der Waals surface area contributed by atoms with Crippen LogP contribution >= 0.6 is 23.6 Å². The molecule has 0 aromatic carbocycles. The van der Waals surface area contributed by atoms with Crippen molar-refractivity contribution in [2.45, 2.75) is 33.2 Å². The highest BCUT2D eigenvalue weighted by atomic mass is 32.1. The molecule has 2 aromatic rings. The maximum absolute atomic E-state index is 12.0. The summed E-state index contributed by atoms with van der Waals surface area (Å²) in [6.45, 7) is 7.05. The molecule has 1 amide bonds. The van der Waals surface area contributed by atoms with Crippen molar-refractivity contribution in [3.05, 3.63) is 26.7 Å². The van der Waals surface area contributed by atoms with Crippen molar-refractivity contribution < 1.29 is 4.79 Å². The normalized spacial score (nSPS) is 11.0. The molecule has 2 N–H and O–H groups in total. The molecule has 2 rings (SSSR count). The third-order valence-corrected chi connectivity index (χ3v) is 4.12. The quantitative estimate of drug-likeness (QED) is 0.831. The highest BCUT2D eigenvalue weighted by molar-refractivity contribution is 7.71. The highest BCUT2D eigenvalue weighted by Gasteiger charge is 2.13. The van der Waals surface area contributed by atoms with Crippen LogP contribution in [0, 0.1) is 11.7 Å². The fourth-order valence-corrected chi connectivity index (χ4v) is 2.82. The van der Waals surface area contributed by atoms with Crippen LogP contribution in [0.3, 0.4) is 0 Å². The number of hydrogen-bond donors (Lipinski definition) is 2. The van der Waals surface area contributed by atoms with Gasteiger partial charge in [0.2, 0.25) is 0 Å². The van der Waals surface area contributed by atoms with Gasteiger partial charge in [0.25, 0.3) is 5.91 Å². The Kier molecular flexibility index (Phi) is 4.66. The fourth-order valence-electron chi connectivity index (χ4n) is 1.87. The number of aryl methyl sites for hydroxylation is 1. The molecule has 108 valence electrons. The number of nitrogens with one attached hydrogen (secondary N) is 2. The van der Waals surface area contributed by atoms with Gasteiger partial charge in [0, 0.05) is 19.0 Å². The monoisotopic (exact) mass is 311 g/mol. The molecular weight excluding hydrogens is 294 g/mol. The Morgan fingerprint density at radius 3 is 2.95 bits per heavy atom. The zero-order valence-corrected chi connectivity index (χ0v) is 13.3. The lowest BCUT2D eigenvalue weighted by Crippen LogP contribution is -2.27. The molecule has 2 aromatic heterocycles. The summed E-state index contributed by atoms with van der Waals surface area (Å²) in [6, 6.07) is 0. The summed E-state index contributed by atoms with van der Waals surface area (Å²) in [5, 5.41) is 9.87.